The zero-order chi connectivity index (χ0) is 32.9. The molecule has 3 aromatic carbocycles. The van der Waals surface area contributed by atoms with E-state index >= 15 is 0 Å². The quantitative estimate of drug-likeness (QED) is 0.155. The number of piperidine rings is 1. The van der Waals surface area contributed by atoms with Gasteiger partial charge in [0.25, 0.3) is 5.91 Å². The summed E-state index contributed by atoms with van der Waals surface area (Å²) in [6, 6.07) is 21.5. The van der Waals surface area contributed by atoms with Crippen molar-refractivity contribution >= 4 is 40.7 Å². The number of hydrogen-bond donors (Lipinski definition) is 3. The van der Waals surface area contributed by atoms with Crippen LogP contribution < -0.4 is 20.1 Å². The van der Waals surface area contributed by atoms with Crippen LogP contribution in [0.5, 0.6) is 11.5 Å². The lowest BCUT2D eigenvalue weighted by atomic mass is 10.0. The number of nitrogens with one attached hydrogen (secondary N) is 2. The lowest BCUT2D eigenvalue weighted by Crippen LogP contribution is -2.40. The van der Waals surface area contributed by atoms with Crippen LogP contribution in [0.2, 0.25) is 0 Å². The van der Waals surface area contributed by atoms with Crippen LogP contribution in [0.4, 0.5) is 16.3 Å². The number of rotatable bonds is 10. The molecule has 6 rings (SSSR count). The van der Waals surface area contributed by atoms with E-state index < -0.39 is 6.09 Å². The first-order chi connectivity index (χ1) is 22.9. The van der Waals surface area contributed by atoms with E-state index in [9.17, 15) is 19.5 Å². The molecule has 12 nitrogen and oxygen atoms in total. The SMILES string of the molecule is COc1ccc(CNc2ncc(C=O)c3c2c(-c2ccc(C(=O)Nc4ccccc4)cc2)nn3[C@@H]2CCCN(C(=O)O)C2)c(OC)c1. The average molecular weight is 635 g/mol. The molecule has 1 aliphatic rings. The molecular weight excluding hydrogens is 600 g/mol. The number of hydrogen-bond acceptors (Lipinski definition) is 8. The van der Waals surface area contributed by atoms with Gasteiger partial charge in [-0.25, -0.2) is 9.78 Å². The Hall–Kier alpha value is -5.91. The Balaban J connectivity index is 1.43. The number of para-hydroxylation sites is 1. The summed E-state index contributed by atoms with van der Waals surface area (Å²) in [6.07, 6.45) is 2.58. The van der Waals surface area contributed by atoms with E-state index in [0.717, 1.165) is 11.8 Å². The smallest absolute Gasteiger partial charge is 0.407 e. The van der Waals surface area contributed by atoms with Gasteiger partial charge in [0.1, 0.15) is 23.0 Å². The van der Waals surface area contributed by atoms with Crippen molar-refractivity contribution in [2.24, 2.45) is 0 Å². The minimum absolute atomic E-state index is 0.233. The predicted octanol–water partition coefficient (Wildman–Crippen LogP) is 6.11. The average Bonchev–Trinajstić information content (AvgIpc) is 3.52. The number of pyridine rings is 1. The van der Waals surface area contributed by atoms with Crippen LogP contribution in [0.3, 0.4) is 0 Å². The summed E-state index contributed by atoms with van der Waals surface area (Å²) in [4.78, 5) is 43.2. The van der Waals surface area contributed by atoms with Crippen LogP contribution in [0, 0.1) is 0 Å². The number of carboxylic acid groups (broad SMARTS) is 1. The molecule has 3 N–H and O–H groups in total. The topological polar surface area (TPSA) is 148 Å². The van der Waals surface area contributed by atoms with Crippen LogP contribution in [0.25, 0.3) is 22.2 Å². The standard InChI is InChI=1S/C35H34N6O6/c1-46-28-15-14-24(29(17-28)47-2)18-36-33-30-31(22-10-12-23(13-11-22)34(43)38-26-7-4-3-5-8-26)39-41(32(30)25(21-42)19-37-33)27-9-6-16-40(20-27)35(44)45/h3-5,7-8,10-15,17,19,21,27H,6,9,16,18,20H2,1-2H3,(H,36,37)(H,38,43)(H,44,45)/t27-/m1/s1. The van der Waals surface area contributed by atoms with Crippen molar-refractivity contribution in [1.82, 2.24) is 19.7 Å². The van der Waals surface area contributed by atoms with Gasteiger partial charge >= 0.3 is 6.09 Å². The molecule has 240 valence electrons. The Bertz CT molecular complexity index is 1930. The summed E-state index contributed by atoms with van der Waals surface area (Å²) < 4.78 is 12.7. The molecule has 1 atom stereocenters. The lowest BCUT2D eigenvalue weighted by Gasteiger charge is -2.31. The van der Waals surface area contributed by atoms with Gasteiger partial charge in [0.15, 0.2) is 6.29 Å². The van der Waals surface area contributed by atoms with Crippen molar-refractivity contribution in [3.63, 3.8) is 0 Å². The second kappa shape index (κ2) is 13.6. The molecular formula is C35H34N6O6. The number of benzene rings is 3. The number of aromatic nitrogens is 3. The van der Waals surface area contributed by atoms with Gasteiger partial charge in [-0.05, 0) is 49.2 Å². The van der Waals surface area contributed by atoms with Crippen LogP contribution in [-0.2, 0) is 6.54 Å². The molecule has 2 aromatic heterocycles. The summed E-state index contributed by atoms with van der Waals surface area (Å²) in [5, 5.41) is 21.7. The number of amides is 2. The van der Waals surface area contributed by atoms with Gasteiger partial charge in [-0.1, -0.05) is 30.3 Å². The first-order valence-electron chi connectivity index (χ1n) is 15.2. The minimum atomic E-state index is -0.996. The monoisotopic (exact) mass is 634 g/mol. The van der Waals surface area contributed by atoms with Gasteiger partial charge in [-0.3, -0.25) is 14.3 Å². The number of nitrogens with zero attached hydrogens (tertiary/aromatic N) is 4. The lowest BCUT2D eigenvalue weighted by molar-refractivity contribution is 0.102. The Morgan fingerprint density at radius 2 is 1.83 bits per heavy atom. The van der Waals surface area contributed by atoms with Gasteiger partial charge in [0.05, 0.1) is 36.7 Å². The fraction of sp³-hybridized carbons (Fsp3) is 0.229. The summed E-state index contributed by atoms with van der Waals surface area (Å²) in [5.74, 6) is 1.53. The summed E-state index contributed by atoms with van der Waals surface area (Å²) in [6.45, 7) is 1.01. The Labute approximate surface area is 270 Å². The van der Waals surface area contributed by atoms with Crippen LogP contribution in [-0.4, -0.2) is 70.4 Å². The number of anilines is 2. The van der Waals surface area contributed by atoms with Crippen LogP contribution in [0.1, 0.15) is 45.2 Å². The second-order valence-corrected chi connectivity index (χ2v) is 11.2. The molecule has 5 aromatic rings. The maximum atomic E-state index is 13.0. The van der Waals surface area contributed by atoms with Crippen molar-refractivity contribution in [2.45, 2.75) is 25.4 Å². The first-order valence-corrected chi connectivity index (χ1v) is 15.2. The van der Waals surface area contributed by atoms with Crippen molar-refractivity contribution in [3.05, 3.63) is 95.7 Å². The van der Waals surface area contributed by atoms with Gasteiger partial charge in [0, 0.05) is 54.3 Å². The first kappa shape index (κ1) is 31.1. The molecule has 0 spiro atoms. The third-order valence-corrected chi connectivity index (χ3v) is 8.29. The maximum absolute atomic E-state index is 13.0. The van der Waals surface area contributed by atoms with E-state index in [0.29, 0.717) is 82.2 Å². The number of methoxy groups -OCH3 is 2. The molecule has 1 saturated heterocycles. The van der Waals surface area contributed by atoms with Gasteiger partial charge < -0.3 is 30.1 Å². The highest BCUT2D eigenvalue weighted by atomic mass is 16.5. The van der Waals surface area contributed by atoms with E-state index in [1.165, 1.54) is 11.1 Å². The highest BCUT2D eigenvalue weighted by Gasteiger charge is 2.29. The van der Waals surface area contributed by atoms with Gasteiger partial charge in [0.2, 0.25) is 0 Å². The third-order valence-electron chi connectivity index (χ3n) is 8.29. The van der Waals surface area contributed by atoms with Crippen molar-refractivity contribution < 1.29 is 29.0 Å². The number of ether oxygens (including phenoxy) is 2. The number of carbonyl (C=O) groups is 3. The molecule has 0 bridgehead atoms. The molecule has 0 unspecified atom stereocenters. The second-order valence-electron chi connectivity index (χ2n) is 11.2. The van der Waals surface area contributed by atoms with E-state index in [-0.39, 0.29) is 18.5 Å². The normalized spacial score (nSPS) is 14.4. The van der Waals surface area contributed by atoms with E-state index in [4.69, 9.17) is 14.6 Å². The van der Waals surface area contributed by atoms with Gasteiger partial charge in [-0.2, -0.15) is 5.10 Å². The third kappa shape index (κ3) is 6.43. The fourth-order valence-corrected chi connectivity index (χ4v) is 5.89. The number of aldehydes is 1. The minimum Gasteiger partial charge on any atom is -0.497 e. The molecule has 0 aliphatic carbocycles. The van der Waals surface area contributed by atoms with Crippen molar-refractivity contribution in [3.8, 4) is 22.8 Å². The van der Waals surface area contributed by atoms with Crippen LogP contribution in [0.15, 0.2) is 79.0 Å². The highest BCUT2D eigenvalue weighted by Crippen LogP contribution is 2.38. The Kier molecular flexibility index (Phi) is 9.00. The van der Waals surface area contributed by atoms with Crippen molar-refractivity contribution in [1.29, 1.82) is 0 Å². The fourth-order valence-electron chi connectivity index (χ4n) is 5.89. The molecule has 0 saturated carbocycles. The molecule has 3 heterocycles. The predicted molar refractivity (Wildman–Crippen MR) is 177 cm³/mol. The number of carbonyl (C=O) groups excluding carboxylic acids is 2. The highest BCUT2D eigenvalue weighted by molar-refractivity contribution is 6.08. The van der Waals surface area contributed by atoms with E-state index in [2.05, 4.69) is 15.6 Å². The van der Waals surface area contributed by atoms with E-state index in [1.807, 2.05) is 42.5 Å². The molecule has 0 radical (unpaired) electrons. The van der Waals surface area contributed by atoms with Crippen molar-refractivity contribution in [2.75, 3.05) is 37.9 Å². The molecule has 12 heteroatoms. The molecule has 1 aliphatic heterocycles. The zero-order valence-electron chi connectivity index (χ0n) is 26.0. The molecule has 1 fully saturated rings. The Morgan fingerprint density at radius 1 is 1.04 bits per heavy atom. The van der Waals surface area contributed by atoms with Gasteiger partial charge in [-0.15, -0.1) is 0 Å². The summed E-state index contributed by atoms with van der Waals surface area (Å²) in [7, 11) is 3.18. The zero-order valence-corrected chi connectivity index (χ0v) is 26.0. The number of fused-ring (bicyclic) bond motifs is 1. The maximum Gasteiger partial charge on any atom is 0.407 e. The largest absolute Gasteiger partial charge is 0.497 e. The summed E-state index contributed by atoms with van der Waals surface area (Å²) >= 11 is 0. The Morgan fingerprint density at radius 3 is 2.53 bits per heavy atom. The van der Waals surface area contributed by atoms with Crippen LogP contribution >= 0.6 is 0 Å². The van der Waals surface area contributed by atoms with E-state index in [1.54, 1.807) is 49.2 Å². The number of likely N-dealkylation sites (tertiary alicyclic amines) is 1. The molecule has 47 heavy (non-hydrogen) atoms. The molecule has 2 amide bonds. The summed E-state index contributed by atoms with van der Waals surface area (Å²) in [5.41, 5.74) is 4.13.